The molecule has 0 aromatic carbocycles. The molecule has 0 fully saturated rings. The SMILES string of the molecule is C=C(C)NCCC/C(F)=C/[C@@](C)(N)C(=O)O.Cl. The van der Waals surface area contributed by atoms with Crippen molar-refractivity contribution in [2.24, 2.45) is 5.73 Å². The van der Waals surface area contributed by atoms with E-state index in [-0.39, 0.29) is 18.8 Å². The third-order valence-electron chi connectivity index (χ3n) is 1.94. The molecule has 0 unspecified atom stereocenters. The molecule has 1 atom stereocenters. The molecule has 0 saturated carbocycles. The van der Waals surface area contributed by atoms with E-state index in [0.717, 1.165) is 11.8 Å². The quantitative estimate of drug-likeness (QED) is 0.616. The summed E-state index contributed by atoms with van der Waals surface area (Å²) in [6, 6.07) is 0. The summed E-state index contributed by atoms with van der Waals surface area (Å²) >= 11 is 0. The van der Waals surface area contributed by atoms with Gasteiger partial charge >= 0.3 is 5.97 Å². The number of carboxylic acids is 1. The summed E-state index contributed by atoms with van der Waals surface area (Å²) in [4.78, 5) is 10.6. The second-order valence-corrected chi connectivity index (χ2v) is 3.99. The highest BCUT2D eigenvalue weighted by atomic mass is 35.5. The maximum atomic E-state index is 13.3. The molecule has 17 heavy (non-hydrogen) atoms. The van der Waals surface area contributed by atoms with Crippen LogP contribution in [0.5, 0.6) is 0 Å². The molecule has 0 bridgehead atoms. The molecule has 0 amide bonds. The van der Waals surface area contributed by atoms with Crippen molar-refractivity contribution in [3.05, 3.63) is 24.2 Å². The minimum atomic E-state index is -1.65. The lowest BCUT2D eigenvalue weighted by Gasteiger charge is -2.14. The van der Waals surface area contributed by atoms with Gasteiger partial charge < -0.3 is 16.2 Å². The topological polar surface area (TPSA) is 75.3 Å². The number of nitrogens with one attached hydrogen (secondary N) is 1. The van der Waals surface area contributed by atoms with Crippen molar-refractivity contribution in [3.8, 4) is 0 Å². The van der Waals surface area contributed by atoms with Gasteiger partial charge in [0.15, 0.2) is 0 Å². The third-order valence-corrected chi connectivity index (χ3v) is 1.94. The van der Waals surface area contributed by atoms with Gasteiger partial charge in [0.05, 0.1) is 5.83 Å². The van der Waals surface area contributed by atoms with Crippen molar-refractivity contribution < 1.29 is 14.3 Å². The zero-order chi connectivity index (χ0) is 12.8. The number of hydrogen-bond donors (Lipinski definition) is 3. The first-order valence-corrected chi connectivity index (χ1v) is 5.04. The van der Waals surface area contributed by atoms with E-state index in [9.17, 15) is 9.18 Å². The molecule has 100 valence electrons. The maximum Gasteiger partial charge on any atom is 0.327 e. The molecule has 0 aliphatic heterocycles. The second-order valence-electron chi connectivity index (χ2n) is 3.99. The first kappa shape index (κ1) is 18.3. The Morgan fingerprint density at radius 3 is 2.59 bits per heavy atom. The Kier molecular flexibility index (Phi) is 8.70. The van der Waals surface area contributed by atoms with Crippen LogP contribution in [0.25, 0.3) is 0 Å². The molecule has 0 saturated heterocycles. The van der Waals surface area contributed by atoms with E-state index in [2.05, 4.69) is 11.9 Å². The highest BCUT2D eigenvalue weighted by Gasteiger charge is 2.25. The Morgan fingerprint density at radius 2 is 2.18 bits per heavy atom. The summed E-state index contributed by atoms with van der Waals surface area (Å²) in [5, 5.41) is 11.6. The molecule has 0 heterocycles. The van der Waals surface area contributed by atoms with Crippen LogP contribution < -0.4 is 11.1 Å². The van der Waals surface area contributed by atoms with Crippen LogP contribution in [0.2, 0.25) is 0 Å². The van der Waals surface area contributed by atoms with Crippen LogP contribution in [0.3, 0.4) is 0 Å². The highest BCUT2D eigenvalue weighted by Crippen LogP contribution is 2.12. The summed E-state index contributed by atoms with van der Waals surface area (Å²) in [5.74, 6) is -1.75. The fourth-order valence-corrected chi connectivity index (χ4v) is 1.02. The van der Waals surface area contributed by atoms with Crippen LogP contribution in [-0.4, -0.2) is 23.2 Å². The molecule has 0 rings (SSSR count). The van der Waals surface area contributed by atoms with E-state index in [1.165, 1.54) is 6.92 Å². The van der Waals surface area contributed by atoms with E-state index in [0.29, 0.717) is 13.0 Å². The average molecular weight is 267 g/mol. The number of hydrogen-bond acceptors (Lipinski definition) is 3. The van der Waals surface area contributed by atoms with Gasteiger partial charge in [-0.25, -0.2) is 9.18 Å². The summed E-state index contributed by atoms with van der Waals surface area (Å²) in [7, 11) is 0. The Balaban J connectivity index is 0. The van der Waals surface area contributed by atoms with E-state index >= 15 is 0 Å². The lowest BCUT2D eigenvalue weighted by Crippen LogP contribution is -2.42. The minimum absolute atomic E-state index is 0. The van der Waals surface area contributed by atoms with Crippen LogP contribution in [0, 0.1) is 0 Å². The van der Waals surface area contributed by atoms with Crippen molar-refractivity contribution in [1.29, 1.82) is 0 Å². The van der Waals surface area contributed by atoms with E-state index in [4.69, 9.17) is 10.8 Å². The highest BCUT2D eigenvalue weighted by molar-refractivity contribution is 5.85. The van der Waals surface area contributed by atoms with Crippen molar-refractivity contribution in [2.75, 3.05) is 6.54 Å². The van der Waals surface area contributed by atoms with Crippen LogP contribution in [0.1, 0.15) is 26.7 Å². The molecule has 0 aliphatic carbocycles. The smallest absolute Gasteiger partial charge is 0.327 e. The van der Waals surface area contributed by atoms with Gasteiger partial charge in [-0.05, 0) is 26.3 Å². The number of nitrogens with two attached hydrogens (primary N) is 1. The lowest BCUT2D eigenvalue weighted by molar-refractivity contribution is -0.140. The molecular formula is C11H20ClFN2O2. The van der Waals surface area contributed by atoms with Gasteiger partial charge in [-0.15, -0.1) is 12.4 Å². The molecule has 4 nitrogen and oxygen atoms in total. The summed E-state index contributed by atoms with van der Waals surface area (Å²) in [5.41, 5.74) is 4.54. The molecule has 0 aliphatic rings. The van der Waals surface area contributed by atoms with Gasteiger partial charge in [0.25, 0.3) is 0 Å². The maximum absolute atomic E-state index is 13.3. The van der Waals surface area contributed by atoms with E-state index in [1.54, 1.807) is 0 Å². The van der Waals surface area contributed by atoms with Gasteiger partial charge in [0.1, 0.15) is 5.54 Å². The predicted molar refractivity (Wildman–Crippen MR) is 68.7 cm³/mol. The van der Waals surface area contributed by atoms with Gasteiger partial charge in [-0.1, -0.05) is 6.58 Å². The number of carbonyl (C=O) groups is 1. The van der Waals surface area contributed by atoms with Crippen LogP contribution in [0.15, 0.2) is 24.2 Å². The van der Waals surface area contributed by atoms with E-state index in [1.807, 2.05) is 6.92 Å². The zero-order valence-corrected chi connectivity index (χ0v) is 10.9. The monoisotopic (exact) mass is 266 g/mol. The van der Waals surface area contributed by atoms with Gasteiger partial charge in [0.2, 0.25) is 0 Å². The van der Waals surface area contributed by atoms with Crippen LogP contribution >= 0.6 is 12.4 Å². The van der Waals surface area contributed by atoms with Gasteiger partial charge in [-0.2, -0.15) is 0 Å². The second kappa shape index (κ2) is 8.08. The van der Waals surface area contributed by atoms with Crippen molar-refractivity contribution in [3.63, 3.8) is 0 Å². The van der Waals surface area contributed by atoms with Crippen molar-refractivity contribution >= 4 is 18.4 Å². The summed E-state index contributed by atoms with van der Waals surface area (Å²) in [6.07, 6.45) is 1.67. The standard InChI is InChI=1S/C11H19FN2O2.ClH/c1-8(2)14-6-4-5-9(12)7-11(3,13)10(15)16;/h7,14H,1,4-6,13H2,2-3H3,(H,15,16);1H/b9-7-;/t11-;/m1./s1. The number of rotatable bonds is 7. The summed E-state index contributed by atoms with van der Waals surface area (Å²) in [6.45, 7) is 7.30. The van der Waals surface area contributed by atoms with Crippen molar-refractivity contribution in [1.82, 2.24) is 5.32 Å². The van der Waals surface area contributed by atoms with Gasteiger partial charge in [-0.3, -0.25) is 0 Å². The number of carboxylic acid groups (broad SMARTS) is 1. The first-order chi connectivity index (χ1) is 7.25. The fraction of sp³-hybridized carbons (Fsp3) is 0.545. The molecule has 0 spiro atoms. The first-order valence-electron chi connectivity index (χ1n) is 5.04. The molecule has 4 N–H and O–H groups in total. The van der Waals surface area contributed by atoms with Crippen LogP contribution in [-0.2, 0) is 4.79 Å². The molecule has 0 aromatic heterocycles. The zero-order valence-electron chi connectivity index (χ0n) is 10.1. The van der Waals surface area contributed by atoms with Gasteiger partial charge in [0, 0.05) is 18.7 Å². The fourth-order valence-electron chi connectivity index (χ4n) is 1.02. The largest absolute Gasteiger partial charge is 0.480 e. The number of allylic oxidation sites excluding steroid dienone is 2. The van der Waals surface area contributed by atoms with E-state index < -0.39 is 17.3 Å². The molecule has 0 radical (unpaired) electrons. The third kappa shape index (κ3) is 8.71. The minimum Gasteiger partial charge on any atom is -0.480 e. The Labute approximate surface area is 107 Å². The van der Waals surface area contributed by atoms with Crippen molar-refractivity contribution in [2.45, 2.75) is 32.2 Å². The normalized spacial score (nSPS) is 14.5. The number of halogens is 2. The lowest BCUT2D eigenvalue weighted by atomic mass is 10.0. The Morgan fingerprint density at radius 1 is 1.65 bits per heavy atom. The van der Waals surface area contributed by atoms with Crippen LogP contribution in [0.4, 0.5) is 4.39 Å². The predicted octanol–water partition coefficient (Wildman–Crippen LogP) is 1.97. The molecule has 6 heteroatoms. The number of aliphatic carboxylic acids is 1. The summed E-state index contributed by atoms with van der Waals surface area (Å²) < 4.78 is 13.3. The molecule has 0 aromatic rings. The Bertz CT molecular complexity index is 304. The molecular weight excluding hydrogens is 247 g/mol. The Hall–Kier alpha value is -1.07. The average Bonchev–Trinajstić information content (AvgIpc) is 2.11.